The second-order valence-electron chi connectivity index (χ2n) is 4.14. The Labute approximate surface area is 131 Å². The lowest BCUT2D eigenvalue weighted by atomic mass is 10.2. The van der Waals surface area contributed by atoms with Crippen molar-refractivity contribution < 1.29 is 9.53 Å². The smallest absolute Gasteiger partial charge is 0.270 e. The number of benzene rings is 1. The van der Waals surface area contributed by atoms with Crippen LogP contribution >= 0.6 is 23.2 Å². The minimum Gasteiger partial charge on any atom is -0.494 e. The first-order valence-corrected chi connectivity index (χ1v) is 6.93. The number of nitrogens with one attached hydrogen (secondary N) is 1. The molecular weight excluding hydrogens is 317 g/mol. The number of aryl methyl sites for hydroxylation is 1. The Bertz CT molecular complexity index is 636. The Hall–Kier alpha value is -1.86. The van der Waals surface area contributed by atoms with Crippen LogP contribution in [0.25, 0.3) is 0 Å². The molecule has 0 aliphatic carbocycles. The van der Waals surface area contributed by atoms with Crippen LogP contribution in [0.3, 0.4) is 0 Å². The molecule has 1 amide bonds. The van der Waals surface area contributed by atoms with E-state index in [0.29, 0.717) is 12.3 Å². The third kappa shape index (κ3) is 3.62. The van der Waals surface area contributed by atoms with Crippen molar-refractivity contribution in [1.29, 1.82) is 0 Å². The molecule has 0 aliphatic rings. The molecular formula is C12H13Cl2N5O2. The van der Waals surface area contributed by atoms with Crippen LogP contribution in [-0.4, -0.2) is 33.2 Å². The molecule has 9 heteroatoms. The zero-order valence-electron chi connectivity index (χ0n) is 11.4. The summed E-state index contributed by atoms with van der Waals surface area (Å²) in [5.74, 6) is 0.0101. The molecule has 21 heavy (non-hydrogen) atoms. The quantitative estimate of drug-likeness (QED) is 0.911. The summed E-state index contributed by atoms with van der Waals surface area (Å²) < 4.78 is 5.03. The number of anilines is 1. The SMILES string of the molecule is CCCn1nnc(NC(=O)c2cc(Cl)c(OC)c(Cl)c2)n1. The van der Waals surface area contributed by atoms with Gasteiger partial charge in [-0.1, -0.05) is 35.2 Å². The van der Waals surface area contributed by atoms with E-state index in [1.165, 1.54) is 24.0 Å². The summed E-state index contributed by atoms with van der Waals surface area (Å²) in [6.45, 7) is 2.62. The van der Waals surface area contributed by atoms with E-state index >= 15 is 0 Å². The lowest BCUT2D eigenvalue weighted by Gasteiger charge is -2.08. The van der Waals surface area contributed by atoms with Crippen LogP contribution in [0, 0.1) is 0 Å². The van der Waals surface area contributed by atoms with E-state index in [1.807, 2.05) is 6.92 Å². The molecule has 1 heterocycles. The number of tetrazole rings is 1. The summed E-state index contributed by atoms with van der Waals surface area (Å²) >= 11 is 12.0. The van der Waals surface area contributed by atoms with Gasteiger partial charge < -0.3 is 4.74 Å². The van der Waals surface area contributed by atoms with Crippen LogP contribution in [0.4, 0.5) is 5.95 Å². The molecule has 0 saturated heterocycles. The average Bonchev–Trinajstić information content (AvgIpc) is 2.86. The lowest BCUT2D eigenvalue weighted by molar-refractivity contribution is 0.102. The fourth-order valence-corrected chi connectivity index (χ4v) is 2.29. The zero-order valence-corrected chi connectivity index (χ0v) is 12.9. The monoisotopic (exact) mass is 329 g/mol. The van der Waals surface area contributed by atoms with Gasteiger partial charge in [-0.25, -0.2) is 0 Å². The summed E-state index contributed by atoms with van der Waals surface area (Å²) in [6.07, 6.45) is 0.868. The van der Waals surface area contributed by atoms with E-state index in [1.54, 1.807) is 0 Å². The van der Waals surface area contributed by atoms with Crippen LogP contribution in [0.5, 0.6) is 5.75 Å². The maximum Gasteiger partial charge on any atom is 0.270 e. The van der Waals surface area contributed by atoms with Crippen LogP contribution in [-0.2, 0) is 6.54 Å². The summed E-state index contributed by atoms with van der Waals surface area (Å²) in [7, 11) is 1.45. The molecule has 0 spiro atoms. The number of halogens is 2. The number of aromatic nitrogens is 4. The van der Waals surface area contributed by atoms with Gasteiger partial charge in [0.25, 0.3) is 11.9 Å². The van der Waals surface area contributed by atoms with E-state index < -0.39 is 5.91 Å². The van der Waals surface area contributed by atoms with E-state index in [4.69, 9.17) is 27.9 Å². The second kappa shape index (κ2) is 6.73. The fraction of sp³-hybridized carbons (Fsp3) is 0.333. The van der Waals surface area contributed by atoms with Gasteiger partial charge in [0.05, 0.1) is 23.7 Å². The molecule has 0 aliphatic heterocycles. The molecule has 1 aromatic heterocycles. The van der Waals surface area contributed by atoms with Gasteiger partial charge in [-0.05, 0) is 23.8 Å². The van der Waals surface area contributed by atoms with Crippen molar-refractivity contribution in [3.63, 3.8) is 0 Å². The molecule has 1 N–H and O–H groups in total. The molecule has 1 aromatic carbocycles. The Morgan fingerprint density at radius 1 is 1.38 bits per heavy atom. The first kappa shape index (κ1) is 15.5. The Balaban J connectivity index is 2.16. The van der Waals surface area contributed by atoms with E-state index in [0.717, 1.165) is 6.42 Å². The van der Waals surface area contributed by atoms with Crippen molar-refractivity contribution in [2.45, 2.75) is 19.9 Å². The Morgan fingerprint density at radius 2 is 2.05 bits per heavy atom. The molecule has 0 atom stereocenters. The maximum absolute atomic E-state index is 12.1. The first-order valence-electron chi connectivity index (χ1n) is 6.17. The number of amides is 1. The van der Waals surface area contributed by atoms with Gasteiger partial charge >= 0.3 is 0 Å². The summed E-state index contributed by atoms with van der Waals surface area (Å²) in [5, 5.41) is 14.6. The van der Waals surface area contributed by atoms with Gasteiger partial charge in [0.1, 0.15) is 0 Å². The molecule has 0 unspecified atom stereocenters. The Kier molecular flexibility index (Phi) is 4.98. The third-order valence-electron chi connectivity index (χ3n) is 2.57. The number of carbonyl (C=O) groups is 1. The van der Waals surface area contributed by atoms with Gasteiger partial charge in [-0.15, -0.1) is 5.10 Å². The summed E-state index contributed by atoms with van der Waals surface area (Å²) in [4.78, 5) is 13.5. The zero-order chi connectivity index (χ0) is 15.4. The second-order valence-corrected chi connectivity index (χ2v) is 4.95. The van der Waals surface area contributed by atoms with Gasteiger partial charge in [-0.2, -0.15) is 4.80 Å². The van der Waals surface area contributed by atoms with Gasteiger partial charge in [0, 0.05) is 5.56 Å². The predicted molar refractivity (Wildman–Crippen MR) is 79.1 cm³/mol. The number of hydrogen-bond donors (Lipinski definition) is 1. The molecule has 0 fully saturated rings. The van der Waals surface area contributed by atoms with E-state index in [9.17, 15) is 4.79 Å². The molecule has 0 bridgehead atoms. The fourth-order valence-electron chi connectivity index (χ4n) is 1.65. The largest absolute Gasteiger partial charge is 0.494 e. The highest BCUT2D eigenvalue weighted by molar-refractivity contribution is 6.37. The maximum atomic E-state index is 12.1. The van der Waals surface area contributed by atoms with Crippen molar-refractivity contribution >= 4 is 35.1 Å². The standard InChI is InChI=1S/C12H13Cl2N5O2/c1-3-4-19-17-12(16-18-19)15-11(20)7-5-8(13)10(21-2)9(14)6-7/h5-6H,3-4H2,1-2H3,(H,15,17,20). The number of rotatable bonds is 5. The summed E-state index contributed by atoms with van der Waals surface area (Å²) in [6, 6.07) is 2.91. The molecule has 2 rings (SSSR count). The molecule has 0 radical (unpaired) electrons. The van der Waals surface area contributed by atoms with Crippen molar-refractivity contribution in [2.75, 3.05) is 12.4 Å². The lowest BCUT2D eigenvalue weighted by Crippen LogP contribution is -2.13. The summed E-state index contributed by atoms with van der Waals surface area (Å²) in [5.41, 5.74) is 0.276. The molecule has 7 nitrogen and oxygen atoms in total. The van der Waals surface area contributed by atoms with Crippen molar-refractivity contribution in [3.8, 4) is 5.75 Å². The van der Waals surface area contributed by atoms with Crippen molar-refractivity contribution in [3.05, 3.63) is 27.7 Å². The number of carbonyl (C=O) groups excluding carboxylic acids is 1. The predicted octanol–water partition coefficient (Wildman–Crippen LogP) is 2.65. The van der Waals surface area contributed by atoms with Gasteiger partial charge in [0.15, 0.2) is 5.75 Å². The van der Waals surface area contributed by atoms with Crippen molar-refractivity contribution in [1.82, 2.24) is 20.2 Å². The first-order chi connectivity index (χ1) is 10.0. The third-order valence-corrected chi connectivity index (χ3v) is 3.13. The van der Waals surface area contributed by atoms with Crippen LogP contribution in [0.15, 0.2) is 12.1 Å². The molecule has 112 valence electrons. The molecule has 2 aromatic rings. The number of hydrogen-bond acceptors (Lipinski definition) is 5. The van der Waals surface area contributed by atoms with Gasteiger partial charge in [0.2, 0.25) is 0 Å². The normalized spacial score (nSPS) is 10.5. The highest BCUT2D eigenvalue weighted by atomic mass is 35.5. The number of ether oxygens (including phenoxy) is 1. The van der Waals surface area contributed by atoms with Crippen LogP contribution in [0.2, 0.25) is 10.0 Å². The van der Waals surface area contributed by atoms with Gasteiger partial charge in [-0.3, -0.25) is 10.1 Å². The topological polar surface area (TPSA) is 81.9 Å². The minimum atomic E-state index is -0.433. The van der Waals surface area contributed by atoms with Crippen LogP contribution in [0.1, 0.15) is 23.7 Å². The van der Waals surface area contributed by atoms with E-state index in [2.05, 4.69) is 20.7 Å². The minimum absolute atomic E-state index is 0.122. The number of methoxy groups -OCH3 is 1. The molecule has 0 saturated carbocycles. The highest BCUT2D eigenvalue weighted by Crippen LogP contribution is 2.33. The highest BCUT2D eigenvalue weighted by Gasteiger charge is 2.15. The number of nitrogens with zero attached hydrogens (tertiary/aromatic N) is 4. The average molecular weight is 330 g/mol. The van der Waals surface area contributed by atoms with Crippen LogP contribution < -0.4 is 10.1 Å². The Morgan fingerprint density at radius 3 is 2.62 bits per heavy atom. The van der Waals surface area contributed by atoms with Crippen molar-refractivity contribution in [2.24, 2.45) is 0 Å². The van der Waals surface area contributed by atoms with E-state index in [-0.39, 0.29) is 21.6 Å².